The van der Waals surface area contributed by atoms with E-state index in [-0.39, 0.29) is 5.78 Å². The first-order chi connectivity index (χ1) is 5.20. The van der Waals surface area contributed by atoms with E-state index in [0.29, 0.717) is 6.54 Å². The molecule has 0 N–H and O–H groups in total. The Balaban J connectivity index is 2.35. The molecule has 1 rings (SSSR count). The van der Waals surface area contributed by atoms with E-state index in [4.69, 9.17) is 0 Å². The molecule has 3 heteroatoms. The van der Waals surface area contributed by atoms with Crippen LogP contribution in [0.1, 0.15) is 19.8 Å². The quantitative estimate of drug-likeness (QED) is 0.582. The van der Waals surface area contributed by atoms with Crippen molar-refractivity contribution in [1.29, 1.82) is 0 Å². The van der Waals surface area contributed by atoms with Gasteiger partial charge in [-0.05, 0) is 19.8 Å². The number of nitrogens with zero attached hydrogens (tertiary/aromatic N) is 2. The largest absolute Gasteiger partial charge is 0.299 e. The fourth-order valence-electron chi connectivity index (χ4n) is 1.40. The first-order valence-corrected chi connectivity index (χ1v) is 4.15. The minimum atomic E-state index is 0.249. The summed E-state index contributed by atoms with van der Waals surface area (Å²) in [6.45, 7) is 4.35. The van der Waals surface area contributed by atoms with E-state index in [1.54, 1.807) is 6.92 Å². The molecule has 0 amide bonds. The Bertz CT molecular complexity index is 147. The van der Waals surface area contributed by atoms with Crippen molar-refractivity contribution in [2.24, 2.45) is 0 Å². The summed E-state index contributed by atoms with van der Waals surface area (Å²) < 4.78 is 0. The normalized spacial score (nSPS) is 22.0. The van der Waals surface area contributed by atoms with Gasteiger partial charge in [0.15, 0.2) is 0 Å². The highest BCUT2D eigenvalue weighted by atomic mass is 16.1. The van der Waals surface area contributed by atoms with Gasteiger partial charge in [0.25, 0.3) is 0 Å². The SMILES string of the molecule is CC(=O)CN1CCCCN1C. The van der Waals surface area contributed by atoms with Crippen LogP contribution in [0.25, 0.3) is 0 Å². The maximum absolute atomic E-state index is 10.8. The zero-order chi connectivity index (χ0) is 8.27. The zero-order valence-corrected chi connectivity index (χ0v) is 7.34. The lowest BCUT2D eigenvalue weighted by Gasteiger charge is -2.35. The van der Waals surface area contributed by atoms with E-state index in [0.717, 1.165) is 13.1 Å². The summed E-state index contributed by atoms with van der Waals surface area (Å²) in [4.78, 5) is 10.8. The summed E-state index contributed by atoms with van der Waals surface area (Å²) >= 11 is 0. The fourth-order valence-corrected chi connectivity index (χ4v) is 1.40. The molecule has 0 saturated carbocycles. The van der Waals surface area contributed by atoms with Gasteiger partial charge >= 0.3 is 0 Å². The van der Waals surface area contributed by atoms with Crippen molar-refractivity contribution in [2.75, 3.05) is 26.7 Å². The lowest BCUT2D eigenvalue weighted by molar-refractivity contribution is -0.124. The van der Waals surface area contributed by atoms with Crippen LogP contribution in [0.5, 0.6) is 0 Å². The molecule has 1 heterocycles. The van der Waals surface area contributed by atoms with Crippen LogP contribution in [-0.2, 0) is 4.79 Å². The summed E-state index contributed by atoms with van der Waals surface area (Å²) in [5.41, 5.74) is 0. The molecule has 0 spiro atoms. The topological polar surface area (TPSA) is 23.6 Å². The average molecular weight is 156 g/mol. The molecule has 0 aromatic heterocycles. The Labute approximate surface area is 67.9 Å². The molecule has 0 radical (unpaired) electrons. The van der Waals surface area contributed by atoms with Crippen LogP contribution in [-0.4, -0.2) is 42.5 Å². The molecule has 0 aromatic rings. The second-order valence-electron chi connectivity index (χ2n) is 3.18. The van der Waals surface area contributed by atoms with Gasteiger partial charge in [0.1, 0.15) is 5.78 Å². The van der Waals surface area contributed by atoms with Crippen molar-refractivity contribution < 1.29 is 4.79 Å². The maximum Gasteiger partial charge on any atom is 0.145 e. The Morgan fingerprint density at radius 3 is 2.55 bits per heavy atom. The minimum Gasteiger partial charge on any atom is -0.299 e. The van der Waals surface area contributed by atoms with E-state index in [9.17, 15) is 4.79 Å². The highest BCUT2D eigenvalue weighted by molar-refractivity contribution is 5.77. The predicted molar refractivity (Wildman–Crippen MR) is 44.1 cm³/mol. The summed E-state index contributed by atoms with van der Waals surface area (Å²) in [5, 5.41) is 4.26. The van der Waals surface area contributed by atoms with Crippen molar-refractivity contribution in [3.63, 3.8) is 0 Å². The first kappa shape index (κ1) is 8.68. The number of carbonyl (C=O) groups is 1. The molecule has 3 nitrogen and oxygen atoms in total. The molecule has 0 aromatic carbocycles. The van der Waals surface area contributed by atoms with Crippen LogP contribution < -0.4 is 0 Å². The number of rotatable bonds is 2. The van der Waals surface area contributed by atoms with Crippen LogP contribution in [0, 0.1) is 0 Å². The molecule has 1 saturated heterocycles. The Kier molecular flexibility index (Phi) is 3.02. The molecule has 1 aliphatic heterocycles. The van der Waals surface area contributed by atoms with Crippen LogP contribution in [0.2, 0.25) is 0 Å². The molecular weight excluding hydrogens is 140 g/mol. The molecule has 11 heavy (non-hydrogen) atoms. The van der Waals surface area contributed by atoms with Crippen molar-refractivity contribution in [3.8, 4) is 0 Å². The summed E-state index contributed by atoms with van der Waals surface area (Å²) in [6.07, 6.45) is 2.47. The summed E-state index contributed by atoms with van der Waals surface area (Å²) in [6, 6.07) is 0. The second-order valence-corrected chi connectivity index (χ2v) is 3.18. The van der Waals surface area contributed by atoms with Gasteiger partial charge in [0, 0.05) is 20.1 Å². The Hall–Kier alpha value is -0.410. The lowest BCUT2D eigenvalue weighted by atomic mass is 10.2. The maximum atomic E-state index is 10.8. The van der Waals surface area contributed by atoms with Crippen molar-refractivity contribution >= 4 is 5.78 Å². The van der Waals surface area contributed by atoms with Crippen LogP contribution >= 0.6 is 0 Å². The smallest absolute Gasteiger partial charge is 0.145 e. The lowest BCUT2D eigenvalue weighted by Crippen LogP contribution is -2.46. The summed E-state index contributed by atoms with van der Waals surface area (Å²) in [5.74, 6) is 0.249. The van der Waals surface area contributed by atoms with Gasteiger partial charge in [-0.3, -0.25) is 4.79 Å². The third kappa shape index (κ3) is 2.60. The third-order valence-corrected chi connectivity index (χ3v) is 2.04. The van der Waals surface area contributed by atoms with Crippen LogP contribution in [0.3, 0.4) is 0 Å². The predicted octanol–water partition coefficient (Wildman–Crippen LogP) is 0.518. The van der Waals surface area contributed by atoms with E-state index in [2.05, 4.69) is 10.0 Å². The summed E-state index contributed by atoms with van der Waals surface area (Å²) in [7, 11) is 2.04. The standard InChI is InChI=1S/C8H16N2O/c1-8(11)7-10-6-4-3-5-9(10)2/h3-7H2,1-2H3. The average Bonchev–Trinajstić information content (AvgIpc) is 1.93. The van der Waals surface area contributed by atoms with Crippen molar-refractivity contribution in [1.82, 2.24) is 10.0 Å². The molecule has 1 aliphatic rings. The molecule has 0 atom stereocenters. The Morgan fingerprint density at radius 1 is 1.36 bits per heavy atom. The van der Waals surface area contributed by atoms with Gasteiger partial charge in [-0.1, -0.05) is 0 Å². The minimum absolute atomic E-state index is 0.249. The van der Waals surface area contributed by atoms with Gasteiger partial charge in [0.05, 0.1) is 6.54 Å². The van der Waals surface area contributed by atoms with Gasteiger partial charge in [0.2, 0.25) is 0 Å². The van der Waals surface area contributed by atoms with E-state index in [1.807, 2.05) is 7.05 Å². The van der Waals surface area contributed by atoms with Crippen LogP contribution in [0.4, 0.5) is 0 Å². The van der Waals surface area contributed by atoms with Crippen LogP contribution in [0.15, 0.2) is 0 Å². The number of hydrogen-bond acceptors (Lipinski definition) is 3. The van der Waals surface area contributed by atoms with Crippen molar-refractivity contribution in [2.45, 2.75) is 19.8 Å². The highest BCUT2D eigenvalue weighted by Crippen LogP contribution is 2.07. The van der Waals surface area contributed by atoms with Gasteiger partial charge < -0.3 is 0 Å². The molecule has 0 bridgehead atoms. The van der Waals surface area contributed by atoms with E-state index in [1.165, 1.54) is 12.8 Å². The molecule has 64 valence electrons. The molecule has 0 unspecified atom stereocenters. The van der Waals surface area contributed by atoms with Gasteiger partial charge in [-0.25, -0.2) is 10.0 Å². The van der Waals surface area contributed by atoms with Gasteiger partial charge in [-0.2, -0.15) is 0 Å². The molecular formula is C8H16N2O. The second kappa shape index (κ2) is 3.83. The zero-order valence-electron chi connectivity index (χ0n) is 7.34. The van der Waals surface area contributed by atoms with E-state index < -0.39 is 0 Å². The number of hydrogen-bond donors (Lipinski definition) is 0. The monoisotopic (exact) mass is 156 g/mol. The van der Waals surface area contributed by atoms with Gasteiger partial charge in [-0.15, -0.1) is 0 Å². The number of carbonyl (C=O) groups excluding carboxylic acids is 1. The number of Topliss-reactive ketones (excluding diaryl/α,β-unsaturated/α-hetero) is 1. The number of hydrazine groups is 1. The number of ketones is 1. The van der Waals surface area contributed by atoms with E-state index >= 15 is 0 Å². The first-order valence-electron chi connectivity index (χ1n) is 4.15. The third-order valence-electron chi connectivity index (χ3n) is 2.04. The van der Waals surface area contributed by atoms with Crippen molar-refractivity contribution in [3.05, 3.63) is 0 Å². The highest BCUT2D eigenvalue weighted by Gasteiger charge is 2.16. The molecule has 0 aliphatic carbocycles. The molecule has 1 fully saturated rings. The Morgan fingerprint density at radius 2 is 2.00 bits per heavy atom. The fraction of sp³-hybridized carbons (Fsp3) is 0.875.